The van der Waals surface area contributed by atoms with E-state index in [9.17, 15) is 4.79 Å². The average molecular weight is 240 g/mol. The van der Waals surface area contributed by atoms with Crippen LogP contribution in [0.15, 0.2) is 12.4 Å². The molecule has 0 saturated carbocycles. The standard InChI is InChI=1S/C11H20N4O2/c1-15-8-9(7-14-15)3-5-13-11(16)10(12)4-6-17-2/h7-8,10H,3-6,12H2,1-2H3,(H,13,16). The minimum atomic E-state index is -0.496. The summed E-state index contributed by atoms with van der Waals surface area (Å²) in [6, 6.07) is -0.496. The van der Waals surface area contributed by atoms with E-state index in [0.29, 0.717) is 19.6 Å². The molecule has 1 unspecified atom stereocenters. The van der Waals surface area contributed by atoms with Crippen LogP contribution < -0.4 is 11.1 Å². The molecule has 0 radical (unpaired) electrons. The zero-order chi connectivity index (χ0) is 12.7. The number of ether oxygens (including phenoxy) is 1. The Morgan fingerprint density at radius 2 is 2.47 bits per heavy atom. The van der Waals surface area contributed by atoms with Crippen LogP contribution in [0.5, 0.6) is 0 Å². The van der Waals surface area contributed by atoms with Crippen molar-refractivity contribution >= 4 is 5.91 Å². The van der Waals surface area contributed by atoms with Gasteiger partial charge in [-0.05, 0) is 18.4 Å². The second-order valence-corrected chi connectivity index (χ2v) is 3.95. The summed E-state index contributed by atoms with van der Waals surface area (Å²) in [6.45, 7) is 1.07. The van der Waals surface area contributed by atoms with E-state index in [0.717, 1.165) is 12.0 Å². The maximum absolute atomic E-state index is 11.5. The zero-order valence-electron chi connectivity index (χ0n) is 10.3. The van der Waals surface area contributed by atoms with Gasteiger partial charge < -0.3 is 15.8 Å². The monoisotopic (exact) mass is 240 g/mol. The first-order valence-corrected chi connectivity index (χ1v) is 5.63. The van der Waals surface area contributed by atoms with E-state index in [1.54, 1.807) is 18.0 Å². The number of aromatic nitrogens is 2. The SMILES string of the molecule is COCCC(N)C(=O)NCCc1cnn(C)c1. The van der Waals surface area contributed by atoms with Crippen molar-refractivity contribution in [2.75, 3.05) is 20.3 Å². The Morgan fingerprint density at radius 1 is 1.71 bits per heavy atom. The van der Waals surface area contributed by atoms with Crippen molar-refractivity contribution < 1.29 is 9.53 Å². The lowest BCUT2D eigenvalue weighted by Crippen LogP contribution is -2.41. The van der Waals surface area contributed by atoms with Crippen LogP contribution in [-0.2, 0) is 23.0 Å². The maximum atomic E-state index is 11.5. The van der Waals surface area contributed by atoms with Gasteiger partial charge in [-0.25, -0.2) is 0 Å². The van der Waals surface area contributed by atoms with Crippen molar-refractivity contribution in [1.29, 1.82) is 0 Å². The quantitative estimate of drug-likeness (QED) is 0.669. The third-order valence-corrected chi connectivity index (χ3v) is 2.44. The molecule has 0 aromatic carbocycles. The summed E-state index contributed by atoms with van der Waals surface area (Å²) in [4.78, 5) is 11.5. The molecule has 1 aromatic rings. The molecule has 96 valence electrons. The van der Waals surface area contributed by atoms with Crippen LogP contribution in [0, 0.1) is 0 Å². The predicted octanol–water partition coefficient (Wildman–Crippen LogP) is -0.557. The van der Waals surface area contributed by atoms with Gasteiger partial charge in [0.15, 0.2) is 0 Å². The van der Waals surface area contributed by atoms with Gasteiger partial charge >= 0.3 is 0 Å². The molecule has 1 rings (SSSR count). The van der Waals surface area contributed by atoms with Crippen molar-refractivity contribution in [2.24, 2.45) is 12.8 Å². The first-order valence-electron chi connectivity index (χ1n) is 5.63. The summed E-state index contributed by atoms with van der Waals surface area (Å²) in [5.74, 6) is -0.133. The number of nitrogens with zero attached hydrogens (tertiary/aromatic N) is 2. The fraction of sp³-hybridized carbons (Fsp3) is 0.636. The molecule has 1 amide bonds. The molecule has 0 aliphatic rings. The lowest BCUT2D eigenvalue weighted by molar-refractivity contribution is -0.122. The predicted molar refractivity (Wildman–Crippen MR) is 64.4 cm³/mol. The number of aryl methyl sites for hydroxylation is 1. The van der Waals surface area contributed by atoms with Crippen molar-refractivity contribution in [1.82, 2.24) is 15.1 Å². The molecule has 3 N–H and O–H groups in total. The van der Waals surface area contributed by atoms with E-state index in [4.69, 9.17) is 10.5 Å². The molecule has 17 heavy (non-hydrogen) atoms. The third-order valence-electron chi connectivity index (χ3n) is 2.44. The molecule has 1 atom stereocenters. The molecule has 0 aliphatic heterocycles. The Bertz CT molecular complexity index is 351. The van der Waals surface area contributed by atoms with E-state index < -0.39 is 6.04 Å². The Balaban J connectivity index is 2.19. The van der Waals surface area contributed by atoms with Gasteiger partial charge in [0.1, 0.15) is 0 Å². The van der Waals surface area contributed by atoms with Gasteiger partial charge in [0.25, 0.3) is 0 Å². The number of carbonyl (C=O) groups is 1. The molecule has 1 aromatic heterocycles. The number of carbonyl (C=O) groups excluding carboxylic acids is 1. The van der Waals surface area contributed by atoms with Gasteiger partial charge in [-0.3, -0.25) is 9.48 Å². The lowest BCUT2D eigenvalue weighted by atomic mass is 10.2. The molecule has 0 spiro atoms. The fourth-order valence-electron chi connectivity index (χ4n) is 1.44. The Kier molecular flexibility index (Phi) is 5.65. The van der Waals surface area contributed by atoms with E-state index in [-0.39, 0.29) is 5.91 Å². The van der Waals surface area contributed by atoms with E-state index >= 15 is 0 Å². The number of nitrogens with one attached hydrogen (secondary N) is 1. The summed E-state index contributed by atoms with van der Waals surface area (Å²) in [5, 5.41) is 6.85. The first-order chi connectivity index (χ1) is 8.13. The smallest absolute Gasteiger partial charge is 0.237 e. The second kappa shape index (κ2) is 7.03. The van der Waals surface area contributed by atoms with Gasteiger partial charge in [0, 0.05) is 33.5 Å². The largest absolute Gasteiger partial charge is 0.385 e. The van der Waals surface area contributed by atoms with Gasteiger partial charge in [-0.15, -0.1) is 0 Å². The number of hydrogen-bond acceptors (Lipinski definition) is 4. The van der Waals surface area contributed by atoms with Crippen LogP contribution >= 0.6 is 0 Å². The fourth-order valence-corrected chi connectivity index (χ4v) is 1.44. The van der Waals surface area contributed by atoms with Crippen LogP contribution in [0.2, 0.25) is 0 Å². The van der Waals surface area contributed by atoms with Crippen LogP contribution in [0.1, 0.15) is 12.0 Å². The molecule has 0 fully saturated rings. The Hall–Kier alpha value is -1.40. The second-order valence-electron chi connectivity index (χ2n) is 3.95. The van der Waals surface area contributed by atoms with Crippen LogP contribution in [-0.4, -0.2) is 42.0 Å². The third kappa shape index (κ3) is 4.97. The number of rotatable bonds is 7. The summed E-state index contributed by atoms with van der Waals surface area (Å²) >= 11 is 0. The van der Waals surface area contributed by atoms with Crippen molar-refractivity contribution in [3.8, 4) is 0 Å². The maximum Gasteiger partial charge on any atom is 0.237 e. The summed E-state index contributed by atoms with van der Waals surface area (Å²) in [7, 11) is 3.45. The van der Waals surface area contributed by atoms with Crippen molar-refractivity contribution in [2.45, 2.75) is 18.9 Å². The lowest BCUT2D eigenvalue weighted by Gasteiger charge is -2.11. The number of nitrogens with two attached hydrogens (primary N) is 1. The first kappa shape index (κ1) is 13.7. The van der Waals surface area contributed by atoms with Gasteiger partial charge in [0.05, 0.1) is 12.2 Å². The number of amides is 1. The molecule has 6 heteroatoms. The van der Waals surface area contributed by atoms with Crippen molar-refractivity contribution in [3.05, 3.63) is 18.0 Å². The Labute approximate surface area is 101 Å². The summed E-state index contributed by atoms with van der Waals surface area (Å²) < 4.78 is 6.61. The van der Waals surface area contributed by atoms with Crippen molar-refractivity contribution in [3.63, 3.8) is 0 Å². The van der Waals surface area contributed by atoms with E-state index in [2.05, 4.69) is 10.4 Å². The highest BCUT2D eigenvalue weighted by Crippen LogP contribution is 1.96. The molecule has 0 aliphatic carbocycles. The molecular weight excluding hydrogens is 220 g/mol. The Morgan fingerprint density at radius 3 is 3.06 bits per heavy atom. The van der Waals surface area contributed by atoms with E-state index in [1.165, 1.54) is 0 Å². The number of methoxy groups -OCH3 is 1. The molecule has 0 bridgehead atoms. The highest BCUT2D eigenvalue weighted by molar-refractivity contribution is 5.81. The van der Waals surface area contributed by atoms with Gasteiger partial charge in [-0.1, -0.05) is 0 Å². The molecule has 1 heterocycles. The van der Waals surface area contributed by atoms with Crippen LogP contribution in [0.25, 0.3) is 0 Å². The van der Waals surface area contributed by atoms with Gasteiger partial charge in [-0.2, -0.15) is 5.10 Å². The molecule has 6 nitrogen and oxygen atoms in total. The van der Waals surface area contributed by atoms with Crippen LogP contribution in [0.3, 0.4) is 0 Å². The zero-order valence-corrected chi connectivity index (χ0v) is 10.3. The minimum absolute atomic E-state index is 0.133. The summed E-state index contributed by atoms with van der Waals surface area (Å²) in [6.07, 6.45) is 5.01. The topological polar surface area (TPSA) is 82.2 Å². The minimum Gasteiger partial charge on any atom is -0.385 e. The normalized spacial score (nSPS) is 12.4. The molecule has 0 saturated heterocycles. The average Bonchev–Trinajstić information content (AvgIpc) is 2.71. The summed E-state index contributed by atoms with van der Waals surface area (Å²) in [5.41, 5.74) is 6.77. The highest BCUT2D eigenvalue weighted by atomic mass is 16.5. The van der Waals surface area contributed by atoms with Gasteiger partial charge in [0.2, 0.25) is 5.91 Å². The van der Waals surface area contributed by atoms with Crippen LogP contribution in [0.4, 0.5) is 0 Å². The molecular formula is C11H20N4O2. The van der Waals surface area contributed by atoms with E-state index in [1.807, 2.05) is 13.2 Å². The number of hydrogen-bond donors (Lipinski definition) is 2. The highest BCUT2D eigenvalue weighted by Gasteiger charge is 2.11.